The van der Waals surface area contributed by atoms with Crippen LogP contribution in [0.4, 0.5) is 0 Å². The van der Waals surface area contributed by atoms with E-state index in [1.165, 1.54) is 10.5 Å². The Bertz CT molecular complexity index is 456. The average Bonchev–Trinajstić information content (AvgIpc) is 2.51. The summed E-state index contributed by atoms with van der Waals surface area (Å²) in [6, 6.07) is 4.08. The summed E-state index contributed by atoms with van der Waals surface area (Å²) in [6.45, 7) is 3.07. The minimum absolute atomic E-state index is 0.377. The SMILES string of the molecule is COCC(O)CCNCc1cc2c(cc1SC)OCCO2. The van der Waals surface area contributed by atoms with Crippen LogP contribution in [0.3, 0.4) is 0 Å². The molecule has 1 aliphatic rings. The zero-order valence-electron chi connectivity index (χ0n) is 12.6. The lowest BCUT2D eigenvalue weighted by Gasteiger charge is -2.21. The van der Waals surface area contributed by atoms with Crippen molar-refractivity contribution in [2.45, 2.75) is 24.0 Å². The van der Waals surface area contributed by atoms with Gasteiger partial charge in [-0.3, -0.25) is 0 Å². The van der Waals surface area contributed by atoms with Crippen molar-refractivity contribution >= 4 is 11.8 Å². The van der Waals surface area contributed by atoms with Gasteiger partial charge in [-0.1, -0.05) is 0 Å². The normalized spacial score (nSPS) is 15.0. The number of hydrogen-bond acceptors (Lipinski definition) is 6. The molecule has 1 aliphatic heterocycles. The molecule has 0 spiro atoms. The Morgan fingerprint density at radius 2 is 2.05 bits per heavy atom. The minimum Gasteiger partial charge on any atom is -0.486 e. The molecule has 0 aliphatic carbocycles. The Kier molecular flexibility index (Phi) is 6.63. The average molecular weight is 313 g/mol. The number of aliphatic hydroxyl groups excluding tert-OH is 1. The van der Waals surface area contributed by atoms with Gasteiger partial charge in [-0.15, -0.1) is 11.8 Å². The predicted molar refractivity (Wildman–Crippen MR) is 83.4 cm³/mol. The fourth-order valence-electron chi connectivity index (χ4n) is 2.21. The quantitative estimate of drug-likeness (QED) is 0.562. The van der Waals surface area contributed by atoms with Gasteiger partial charge < -0.3 is 24.6 Å². The molecule has 0 saturated carbocycles. The molecule has 2 N–H and O–H groups in total. The van der Waals surface area contributed by atoms with Crippen molar-refractivity contribution in [3.63, 3.8) is 0 Å². The van der Waals surface area contributed by atoms with Gasteiger partial charge in [0.2, 0.25) is 0 Å². The molecule has 21 heavy (non-hydrogen) atoms. The molecule has 0 fully saturated rings. The van der Waals surface area contributed by atoms with Crippen LogP contribution in [0.15, 0.2) is 17.0 Å². The molecule has 2 rings (SSSR count). The molecule has 0 aromatic heterocycles. The maximum Gasteiger partial charge on any atom is 0.162 e. The molecule has 1 atom stereocenters. The van der Waals surface area contributed by atoms with E-state index < -0.39 is 6.10 Å². The van der Waals surface area contributed by atoms with Crippen LogP contribution in [0.5, 0.6) is 11.5 Å². The lowest BCUT2D eigenvalue weighted by atomic mass is 10.2. The highest BCUT2D eigenvalue weighted by Gasteiger charge is 2.15. The molecule has 6 heteroatoms. The molecule has 1 aromatic carbocycles. The summed E-state index contributed by atoms with van der Waals surface area (Å²) < 4.78 is 16.1. The third-order valence-electron chi connectivity index (χ3n) is 3.27. The number of hydrogen-bond donors (Lipinski definition) is 2. The Morgan fingerprint density at radius 1 is 1.33 bits per heavy atom. The van der Waals surface area contributed by atoms with Gasteiger partial charge in [-0.2, -0.15) is 0 Å². The predicted octanol–water partition coefficient (Wildman–Crippen LogP) is 1.67. The first-order valence-electron chi connectivity index (χ1n) is 7.08. The zero-order chi connectivity index (χ0) is 15.1. The van der Waals surface area contributed by atoms with Gasteiger partial charge in [0.25, 0.3) is 0 Å². The molecule has 5 nitrogen and oxygen atoms in total. The Balaban J connectivity index is 1.90. The van der Waals surface area contributed by atoms with Crippen LogP contribution in [0.1, 0.15) is 12.0 Å². The Morgan fingerprint density at radius 3 is 2.71 bits per heavy atom. The first kappa shape index (κ1) is 16.4. The summed E-state index contributed by atoms with van der Waals surface area (Å²) in [6.07, 6.45) is 2.31. The minimum atomic E-state index is -0.414. The fourth-order valence-corrected chi connectivity index (χ4v) is 2.83. The number of nitrogens with one attached hydrogen (secondary N) is 1. The van der Waals surface area contributed by atoms with Crippen molar-refractivity contribution in [1.82, 2.24) is 5.32 Å². The molecule has 1 heterocycles. The van der Waals surface area contributed by atoms with Gasteiger partial charge >= 0.3 is 0 Å². The lowest BCUT2D eigenvalue weighted by molar-refractivity contribution is 0.0594. The van der Waals surface area contributed by atoms with Gasteiger partial charge in [-0.25, -0.2) is 0 Å². The second-order valence-corrected chi connectivity index (χ2v) is 5.73. The molecule has 118 valence electrons. The van der Waals surface area contributed by atoms with Crippen LogP contribution in [0, 0.1) is 0 Å². The van der Waals surface area contributed by atoms with Gasteiger partial charge in [0, 0.05) is 18.6 Å². The number of ether oxygens (including phenoxy) is 3. The van der Waals surface area contributed by atoms with Crippen molar-refractivity contribution in [2.24, 2.45) is 0 Å². The van der Waals surface area contributed by atoms with Crippen LogP contribution in [0.2, 0.25) is 0 Å². The van der Waals surface area contributed by atoms with E-state index in [4.69, 9.17) is 14.2 Å². The summed E-state index contributed by atoms with van der Waals surface area (Å²) in [7, 11) is 1.59. The number of rotatable bonds is 8. The van der Waals surface area contributed by atoms with Crippen molar-refractivity contribution in [3.05, 3.63) is 17.7 Å². The molecule has 0 radical (unpaired) electrons. The first-order valence-corrected chi connectivity index (χ1v) is 8.31. The largest absolute Gasteiger partial charge is 0.486 e. The standard InChI is InChI=1S/C15H23NO4S/c1-18-10-12(17)3-4-16-9-11-7-13-14(8-15(11)21-2)20-6-5-19-13/h7-8,12,16-17H,3-6,9-10H2,1-2H3. The Hall–Kier alpha value is -0.950. The maximum absolute atomic E-state index is 9.60. The van der Waals surface area contributed by atoms with E-state index in [0.717, 1.165) is 24.6 Å². The molecule has 1 unspecified atom stereocenters. The van der Waals surface area contributed by atoms with E-state index in [1.807, 2.05) is 12.1 Å². The van der Waals surface area contributed by atoms with E-state index in [-0.39, 0.29) is 0 Å². The summed E-state index contributed by atoms with van der Waals surface area (Å²) in [4.78, 5) is 1.18. The summed E-state index contributed by atoms with van der Waals surface area (Å²) in [5.74, 6) is 1.64. The van der Waals surface area contributed by atoms with E-state index in [2.05, 4.69) is 11.6 Å². The van der Waals surface area contributed by atoms with Crippen molar-refractivity contribution < 1.29 is 19.3 Å². The van der Waals surface area contributed by atoms with E-state index in [9.17, 15) is 5.11 Å². The topological polar surface area (TPSA) is 60.0 Å². The van der Waals surface area contributed by atoms with Crippen LogP contribution >= 0.6 is 11.8 Å². The van der Waals surface area contributed by atoms with Gasteiger partial charge in [-0.05, 0) is 36.9 Å². The summed E-state index contributed by atoms with van der Waals surface area (Å²) in [5, 5.41) is 12.9. The van der Waals surface area contributed by atoms with E-state index >= 15 is 0 Å². The number of methoxy groups -OCH3 is 1. The number of aliphatic hydroxyl groups is 1. The fraction of sp³-hybridized carbons (Fsp3) is 0.600. The highest BCUT2D eigenvalue weighted by molar-refractivity contribution is 7.98. The zero-order valence-corrected chi connectivity index (χ0v) is 13.4. The smallest absolute Gasteiger partial charge is 0.162 e. The van der Waals surface area contributed by atoms with Gasteiger partial charge in [0.15, 0.2) is 11.5 Å². The highest BCUT2D eigenvalue weighted by Crippen LogP contribution is 2.36. The van der Waals surface area contributed by atoms with Crippen molar-refractivity contribution in [3.8, 4) is 11.5 Å². The van der Waals surface area contributed by atoms with Crippen LogP contribution < -0.4 is 14.8 Å². The maximum atomic E-state index is 9.60. The summed E-state index contributed by atoms with van der Waals surface area (Å²) >= 11 is 1.70. The molecule has 1 aromatic rings. The lowest BCUT2D eigenvalue weighted by Crippen LogP contribution is -2.23. The van der Waals surface area contributed by atoms with Gasteiger partial charge in [0.1, 0.15) is 13.2 Å². The van der Waals surface area contributed by atoms with Crippen LogP contribution in [0.25, 0.3) is 0 Å². The third-order valence-corrected chi connectivity index (χ3v) is 4.09. The molecule has 0 saturated heterocycles. The number of fused-ring (bicyclic) bond motifs is 1. The van der Waals surface area contributed by atoms with E-state index in [1.54, 1.807) is 18.9 Å². The summed E-state index contributed by atoms with van der Waals surface area (Å²) in [5.41, 5.74) is 1.19. The number of benzene rings is 1. The molecular formula is C15H23NO4S. The van der Waals surface area contributed by atoms with E-state index in [0.29, 0.717) is 26.2 Å². The van der Waals surface area contributed by atoms with Crippen molar-refractivity contribution in [2.75, 3.05) is 39.7 Å². The van der Waals surface area contributed by atoms with Crippen LogP contribution in [-0.4, -0.2) is 50.9 Å². The molecule has 0 amide bonds. The second-order valence-electron chi connectivity index (χ2n) is 4.88. The van der Waals surface area contributed by atoms with Crippen LogP contribution in [-0.2, 0) is 11.3 Å². The van der Waals surface area contributed by atoms with Gasteiger partial charge in [0.05, 0.1) is 12.7 Å². The Labute approximate surface area is 130 Å². The number of thioether (sulfide) groups is 1. The highest BCUT2D eigenvalue weighted by atomic mass is 32.2. The molecular weight excluding hydrogens is 290 g/mol. The second kappa shape index (κ2) is 8.48. The third kappa shape index (κ3) is 4.78. The van der Waals surface area contributed by atoms with Crippen molar-refractivity contribution in [1.29, 1.82) is 0 Å². The monoisotopic (exact) mass is 313 g/mol. The molecule has 0 bridgehead atoms. The first-order chi connectivity index (χ1) is 10.2.